The van der Waals surface area contributed by atoms with Gasteiger partial charge in [-0.05, 0) is 61.2 Å². The summed E-state index contributed by atoms with van der Waals surface area (Å²) in [5.41, 5.74) is 5.55. The predicted octanol–water partition coefficient (Wildman–Crippen LogP) is 4.89. The fraction of sp³-hybridized carbons (Fsp3) is 0.231. The van der Waals surface area contributed by atoms with Gasteiger partial charge in [-0.2, -0.15) is 5.26 Å². The van der Waals surface area contributed by atoms with E-state index in [-0.39, 0.29) is 11.1 Å². The van der Waals surface area contributed by atoms with Crippen LogP contribution in [-0.4, -0.2) is 18.2 Å². The third-order valence-corrected chi connectivity index (χ3v) is 5.34. The lowest BCUT2D eigenvalue weighted by Gasteiger charge is -2.11. The number of ether oxygens (including phenoxy) is 2. The van der Waals surface area contributed by atoms with E-state index in [0.29, 0.717) is 26.1 Å². The highest BCUT2D eigenvalue weighted by atomic mass is 16.5. The highest BCUT2D eigenvalue weighted by Crippen LogP contribution is 2.36. The lowest BCUT2D eigenvalue weighted by atomic mass is 9.95. The number of benzene rings is 2. The maximum absolute atomic E-state index is 12.6. The number of fused-ring (bicyclic) bond motifs is 1. The molecule has 0 saturated heterocycles. The minimum atomic E-state index is -0.340. The molecule has 1 N–H and O–H groups in total. The smallest absolute Gasteiger partial charge is 0.266 e. The van der Waals surface area contributed by atoms with E-state index in [1.54, 1.807) is 0 Å². The molecule has 1 aliphatic carbocycles. The van der Waals surface area contributed by atoms with Gasteiger partial charge in [0.2, 0.25) is 0 Å². The molecular weight excluding hydrogens is 388 g/mol. The van der Waals surface area contributed by atoms with Gasteiger partial charge in [0.1, 0.15) is 23.1 Å². The standard InChI is InChI=1S/C26H24N2O3/c1-3-30-20-9-5-17(6-10-20)13-18-14-22-24(15-18)28-26(29)23(16-27)25(22)19-7-11-21(12-8-19)31-4-2/h5-13H,3-4,14-15H2,1-2H3,(H,28,29)/b18-13+. The molecule has 4 rings (SSSR count). The molecule has 0 unspecified atom stereocenters. The summed E-state index contributed by atoms with van der Waals surface area (Å²) in [6, 6.07) is 17.6. The molecule has 5 nitrogen and oxygen atoms in total. The van der Waals surface area contributed by atoms with Gasteiger partial charge >= 0.3 is 0 Å². The first-order chi connectivity index (χ1) is 15.1. The van der Waals surface area contributed by atoms with Gasteiger partial charge in [0.25, 0.3) is 5.56 Å². The molecule has 0 radical (unpaired) electrons. The van der Waals surface area contributed by atoms with Crippen molar-refractivity contribution >= 4 is 6.08 Å². The third-order valence-electron chi connectivity index (χ3n) is 5.34. The van der Waals surface area contributed by atoms with Crippen molar-refractivity contribution in [1.82, 2.24) is 4.98 Å². The second kappa shape index (κ2) is 8.93. The number of aromatic nitrogens is 1. The maximum Gasteiger partial charge on any atom is 0.266 e. The van der Waals surface area contributed by atoms with E-state index in [2.05, 4.69) is 17.1 Å². The van der Waals surface area contributed by atoms with Gasteiger partial charge in [0.15, 0.2) is 0 Å². The van der Waals surface area contributed by atoms with Crippen LogP contribution in [0.1, 0.15) is 36.2 Å². The molecule has 156 valence electrons. The van der Waals surface area contributed by atoms with Crippen molar-refractivity contribution in [3.8, 4) is 28.7 Å². The number of nitriles is 1. The number of aromatic amines is 1. The molecular formula is C26H24N2O3. The molecule has 0 saturated carbocycles. The van der Waals surface area contributed by atoms with Crippen LogP contribution in [0.3, 0.4) is 0 Å². The van der Waals surface area contributed by atoms with Gasteiger partial charge < -0.3 is 14.5 Å². The van der Waals surface area contributed by atoms with E-state index in [4.69, 9.17) is 9.47 Å². The summed E-state index contributed by atoms with van der Waals surface area (Å²) in [4.78, 5) is 15.5. The van der Waals surface area contributed by atoms with Crippen molar-refractivity contribution in [2.24, 2.45) is 0 Å². The summed E-state index contributed by atoms with van der Waals surface area (Å²) in [6.07, 6.45) is 3.49. The van der Waals surface area contributed by atoms with Crippen molar-refractivity contribution in [2.75, 3.05) is 13.2 Å². The molecule has 1 aliphatic rings. The molecule has 0 atom stereocenters. The molecule has 0 fully saturated rings. The zero-order chi connectivity index (χ0) is 21.8. The van der Waals surface area contributed by atoms with Gasteiger partial charge in [-0.25, -0.2) is 0 Å². The number of H-pyrrole nitrogens is 1. The van der Waals surface area contributed by atoms with Crippen LogP contribution in [0.4, 0.5) is 0 Å². The van der Waals surface area contributed by atoms with Crippen LogP contribution in [0.15, 0.2) is 58.9 Å². The van der Waals surface area contributed by atoms with Crippen molar-refractivity contribution in [3.05, 3.63) is 86.8 Å². The van der Waals surface area contributed by atoms with Crippen molar-refractivity contribution < 1.29 is 9.47 Å². The molecule has 0 spiro atoms. The minimum absolute atomic E-state index is 0.158. The zero-order valence-electron chi connectivity index (χ0n) is 17.7. The van der Waals surface area contributed by atoms with E-state index in [0.717, 1.165) is 39.4 Å². The summed E-state index contributed by atoms with van der Waals surface area (Å²) in [7, 11) is 0. The number of allylic oxidation sites excluding steroid dienone is 1. The highest BCUT2D eigenvalue weighted by molar-refractivity contribution is 5.77. The van der Waals surface area contributed by atoms with Gasteiger partial charge in [0.05, 0.1) is 13.2 Å². The Hall–Kier alpha value is -3.78. The Kier molecular flexibility index (Phi) is 5.90. The van der Waals surface area contributed by atoms with Gasteiger partial charge in [-0.15, -0.1) is 0 Å². The fourth-order valence-electron chi connectivity index (χ4n) is 4.03. The number of hydrogen-bond donors (Lipinski definition) is 1. The van der Waals surface area contributed by atoms with Gasteiger partial charge in [-0.3, -0.25) is 4.79 Å². The van der Waals surface area contributed by atoms with Crippen LogP contribution in [0.25, 0.3) is 17.2 Å². The van der Waals surface area contributed by atoms with E-state index >= 15 is 0 Å². The second-order valence-electron chi connectivity index (χ2n) is 7.39. The van der Waals surface area contributed by atoms with E-state index in [1.165, 1.54) is 5.57 Å². The summed E-state index contributed by atoms with van der Waals surface area (Å²) >= 11 is 0. The molecule has 31 heavy (non-hydrogen) atoms. The average Bonchev–Trinajstić information content (AvgIpc) is 3.17. The SMILES string of the molecule is CCOc1ccc(/C=C2/Cc3[nH]c(=O)c(C#N)c(-c4ccc(OCC)cc4)c3C2)cc1. The van der Waals surface area contributed by atoms with Crippen LogP contribution >= 0.6 is 0 Å². The van der Waals surface area contributed by atoms with Crippen molar-refractivity contribution in [2.45, 2.75) is 26.7 Å². The lowest BCUT2D eigenvalue weighted by molar-refractivity contribution is 0.340. The molecule has 3 aromatic rings. The molecule has 1 aromatic heterocycles. The number of nitrogens with zero attached hydrogens (tertiary/aromatic N) is 1. The van der Waals surface area contributed by atoms with E-state index in [1.807, 2.05) is 62.4 Å². The minimum Gasteiger partial charge on any atom is -0.494 e. The Morgan fingerprint density at radius 3 is 2.16 bits per heavy atom. The second-order valence-corrected chi connectivity index (χ2v) is 7.39. The molecule has 1 heterocycles. The summed E-state index contributed by atoms with van der Waals surface area (Å²) in [5, 5.41) is 9.68. The third kappa shape index (κ3) is 4.24. The van der Waals surface area contributed by atoms with Gasteiger partial charge in [-0.1, -0.05) is 35.9 Å². The normalized spacial score (nSPS) is 13.6. The Morgan fingerprint density at radius 2 is 1.58 bits per heavy atom. The number of pyridine rings is 1. The largest absolute Gasteiger partial charge is 0.494 e. The Bertz CT molecular complexity index is 1210. The van der Waals surface area contributed by atoms with Crippen LogP contribution in [0.5, 0.6) is 11.5 Å². The highest BCUT2D eigenvalue weighted by Gasteiger charge is 2.25. The quantitative estimate of drug-likeness (QED) is 0.625. The zero-order valence-corrected chi connectivity index (χ0v) is 17.7. The monoisotopic (exact) mass is 412 g/mol. The van der Waals surface area contributed by atoms with Crippen molar-refractivity contribution in [1.29, 1.82) is 5.26 Å². The number of rotatable bonds is 6. The van der Waals surface area contributed by atoms with Crippen LogP contribution < -0.4 is 15.0 Å². The molecule has 5 heteroatoms. The molecule has 0 bridgehead atoms. The first kappa shape index (κ1) is 20.5. The maximum atomic E-state index is 12.6. The van der Waals surface area contributed by atoms with Crippen LogP contribution in [0.2, 0.25) is 0 Å². The lowest BCUT2D eigenvalue weighted by Crippen LogP contribution is -2.15. The Labute approximate surface area is 181 Å². The number of nitrogens with one attached hydrogen (secondary N) is 1. The van der Waals surface area contributed by atoms with Crippen LogP contribution in [0, 0.1) is 11.3 Å². The Balaban J connectivity index is 1.71. The van der Waals surface area contributed by atoms with Crippen LogP contribution in [-0.2, 0) is 12.8 Å². The topological polar surface area (TPSA) is 75.1 Å². The fourth-order valence-corrected chi connectivity index (χ4v) is 4.03. The first-order valence-electron chi connectivity index (χ1n) is 10.5. The van der Waals surface area contributed by atoms with E-state index in [9.17, 15) is 10.1 Å². The summed E-state index contributed by atoms with van der Waals surface area (Å²) in [5.74, 6) is 1.61. The predicted molar refractivity (Wildman–Crippen MR) is 121 cm³/mol. The number of hydrogen-bond acceptors (Lipinski definition) is 4. The van der Waals surface area contributed by atoms with E-state index < -0.39 is 0 Å². The molecule has 0 amide bonds. The van der Waals surface area contributed by atoms with Crippen molar-refractivity contribution in [3.63, 3.8) is 0 Å². The summed E-state index contributed by atoms with van der Waals surface area (Å²) in [6.45, 7) is 5.12. The summed E-state index contributed by atoms with van der Waals surface area (Å²) < 4.78 is 11.0. The average molecular weight is 412 g/mol. The first-order valence-corrected chi connectivity index (χ1v) is 10.5. The molecule has 2 aromatic carbocycles. The van der Waals surface area contributed by atoms with Gasteiger partial charge in [0, 0.05) is 17.7 Å². The Morgan fingerprint density at radius 1 is 0.968 bits per heavy atom. The molecule has 0 aliphatic heterocycles.